The zero-order valence-electron chi connectivity index (χ0n) is 13.8. The van der Waals surface area contributed by atoms with Crippen LogP contribution in [-0.2, 0) is 0 Å². The van der Waals surface area contributed by atoms with Crippen molar-refractivity contribution in [1.82, 2.24) is 10.2 Å². The number of hydrogen-bond donors (Lipinski definition) is 1. The minimum Gasteiger partial charge on any atom is -0.314 e. The number of likely N-dealkylation sites (tertiary alicyclic amines) is 1. The average Bonchev–Trinajstić information content (AvgIpc) is 3.30. The van der Waals surface area contributed by atoms with Gasteiger partial charge in [0.1, 0.15) is 0 Å². The Morgan fingerprint density at radius 1 is 1.10 bits per heavy atom. The Labute approximate surface area is 129 Å². The van der Waals surface area contributed by atoms with Crippen molar-refractivity contribution < 1.29 is 0 Å². The number of hydrogen-bond acceptors (Lipinski definition) is 2. The summed E-state index contributed by atoms with van der Waals surface area (Å²) in [6, 6.07) is 10.7. The maximum Gasteiger partial charge on any atom is 0.0385 e. The van der Waals surface area contributed by atoms with E-state index in [0.29, 0.717) is 12.1 Å². The first-order chi connectivity index (χ1) is 10.1. The molecule has 2 aliphatic rings. The number of rotatable bonds is 5. The summed E-state index contributed by atoms with van der Waals surface area (Å²) in [5.41, 5.74) is 3.06. The lowest BCUT2D eigenvalue weighted by Crippen LogP contribution is -2.41. The highest BCUT2D eigenvalue weighted by Gasteiger charge is 2.31. The lowest BCUT2D eigenvalue weighted by Gasteiger charge is -2.40. The van der Waals surface area contributed by atoms with Crippen molar-refractivity contribution in [2.24, 2.45) is 5.92 Å². The number of benzene rings is 1. The maximum absolute atomic E-state index is 3.65. The highest BCUT2D eigenvalue weighted by molar-refractivity contribution is 5.30. The highest BCUT2D eigenvalue weighted by Crippen LogP contribution is 2.41. The number of nitrogens with zero attached hydrogens (tertiary/aromatic N) is 1. The van der Waals surface area contributed by atoms with E-state index in [1.165, 1.54) is 37.8 Å². The monoisotopic (exact) mass is 286 g/mol. The van der Waals surface area contributed by atoms with Gasteiger partial charge in [0.25, 0.3) is 0 Å². The van der Waals surface area contributed by atoms with E-state index in [4.69, 9.17) is 0 Å². The summed E-state index contributed by atoms with van der Waals surface area (Å²) in [7, 11) is 2.29. The Morgan fingerprint density at radius 3 is 2.38 bits per heavy atom. The van der Waals surface area contributed by atoms with Gasteiger partial charge in [0.15, 0.2) is 0 Å². The Kier molecular flexibility index (Phi) is 4.66. The van der Waals surface area contributed by atoms with Crippen molar-refractivity contribution in [3.63, 3.8) is 0 Å². The van der Waals surface area contributed by atoms with Gasteiger partial charge in [-0.3, -0.25) is 4.90 Å². The molecule has 116 valence electrons. The van der Waals surface area contributed by atoms with Crippen molar-refractivity contribution in [2.75, 3.05) is 20.1 Å². The van der Waals surface area contributed by atoms with Gasteiger partial charge < -0.3 is 5.32 Å². The van der Waals surface area contributed by atoms with Crippen molar-refractivity contribution in [3.05, 3.63) is 35.4 Å². The van der Waals surface area contributed by atoms with Gasteiger partial charge in [0, 0.05) is 18.6 Å². The normalized spacial score (nSPS) is 27.2. The molecule has 1 saturated carbocycles. The zero-order valence-corrected chi connectivity index (χ0v) is 13.8. The minimum absolute atomic E-state index is 0.579. The van der Waals surface area contributed by atoms with E-state index >= 15 is 0 Å². The Balaban J connectivity index is 1.73. The van der Waals surface area contributed by atoms with Crippen LogP contribution < -0.4 is 5.32 Å². The third-order valence-corrected chi connectivity index (χ3v) is 5.12. The molecule has 2 unspecified atom stereocenters. The fraction of sp³-hybridized carbons (Fsp3) is 0.684. The van der Waals surface area contributed by atoms with Crippen LogP contribution in [0.25, 0.3) is 0 Å². The third-order valence-electron chi connectivity index (χ3n) is 5.12. The van der Waals surface area contributed by atoms with Gasteiger partial charge >= 0.3 is 0 Å². The largest absolute Gasteiger partial charge is 0.314 e. The third kappa shape index (κ3) is 3.67. The van der Waals surface area contributed by atoms with E-state index in [1.807, 2.05) is 0 Å². The first-order valence-electron chi connectivity index (χ1n) is 8.68. The molecular formula is C19H30N2. The van der Waals surface area contributed by atoms with Crippen LogP contribution >= 0.6 is 0 Å². The van der Waals surface area contributed by atoms with Crippen molar-refractivity contribution in [3.8, 4) is 0 Å². The molecule has 2 heteroatoms. The molecule has 1 aliphatic heterocycles. The predicted molar refractivity (Wildman–Crippen MR) is 89.7 cm³/mol. The second-order valence-corrected chi connectivity index (χ2v) is 7.33. The van der Waals surface area contributed by atoms with E-state index < -0.39 is 0 Å². The summed E-state index contributed by atoms with van der Waals surface area (Å²) >= 11 is 0. The Bertz CT molecular complexity index is 447. The van der Waals surface area contributed by atoms with E-state index in [-0.39, 0.29) is 0 Å². The van der Waals surface area contributed by atoms with E-state index in [1.54, 1.807) is 5.56 Å². The summed E-state index contributed by atoms with van der Waals surface area (Å²) < 4.78 is 0. The lowest BCUT2D eigenvalue weighted by molar-refractivity contribution is 0.118. The molecule has 3 rings (SSSR count). The molecule has 0 bridgehead atoms. The molecule has 1 aromatic rings. The molecule has 1 aromatic carbocycles. The van der Waals surface area contributed by atoms with Gasteiger partial charge in [-0.05, 0) is 62.2 Å². The van der Waals surface area contributed by atoms with Crippen molar-refractivity contribution in [1.29, 1.82) is 0 Å². The van der Waals surface area contributed by atoms with Crippen molar-refractivity contribution >= 4 is 0 Å². The molecule has 1 aliphatic carbocycles. The van der Waals surface area contributed by atoms with E-state index in [2.05, 4.69) is 55.4 Å². The second-order valence-electron chi connectivity index (χ2n) is 7.33. The van der Waals surface area contributed by atoms with Gasteiger partial charge in [-0.1, -0.05) is 38.1 Å². The van der Waals surface area contributed by atoms with Crippen LogP contribution in [0.2, 0.25) is 0 Å². The summed E-state index contributed by atoms with van der Waals surface area (Å²) in [6.07, 6.45) is 5.46. The first-order valence-corrected chi connectivity index (χ1v) is 8.68. The molecule has 21 heavy (non-hydrogen) atoms. The van der Waals surface area contributed by atoms with Crippen LogP contribution in [0.1, 0.15) is 62.6 Å². The van der Waals surface area contributed by atoms with Gasteiger partial charge in [0.2, 0.25) is 0 Å². The fourth-order valence-corrected chi connectivity index (χ4v) is 3.77. The summed E-state index contributed by atoms with van der Waals surface area (Å²) in [4.78, 5) is 2.56. The molecule has 1 heterocycles. The fourth-order valence-electron chi connectivity index (χ4n) is 3.77. The van der Waals surface area contributed by atoms with Gasteiger partial charge in [0.05, 0.1) is 0 Å². The SMILES string of the molecule is CC(C)NCC1CCCN(C)C1c1ccc(C2CC2)cc1. The second kappa shape index (κ2) is 6.50. The number of nitrogens with one attached hydrogen (secondary N) is 1. The first kappa shape index (κ1) is 15.1. The van der Waals surface area contributed by atoms with Gasteiger partial charge in [-0.15, -0.1) is 0 Å². The average molecular weight is 286 g/mol. The Hall–Kier alpha value is -0.860. The standard InChI is InChI=1S/C19H30N2/c1-14(2)20-13-18-5-4-12-21(3)19(18)17-10-8-16(9-11-17)15-6-7-15/h8-11,14-15,18-20H,4-7,12-13H2,1-3H3. The number of piperidine rings is 1. The van der Waals surface area contributed by atoms with Crippen molar-refractivity contribution in [2.45, 2.75) is 57.5 Å². The van der Waals surface area contributed by atoms with Crippen LogP contribution in [0.5, 0.6) is 0 Å². The highest BCUT2D eigenvalue weighted by atomic mass is 15.1. The lowest BCUT2D eigenvalue weighted by atomic mass is 9.84. The van der Waals surface area contributed by atoms with E-state index in [0.717, 1.165) is 18.4 Å². The molecule has 0 amide bonds. The summed E-state index contributed by atoms with van der Waals surface area (Å²) in [5.74, 6) is 1.60. The van der Waals surface area contributed by atoms with Crippen LogP contribution in [0, 0.1) is 5.92 Å². The van der Waals surface area contributed by atoms with Crippen LogP contribution in [0.15, 0.2) is 24.3 Å². The molecule has 0 spiro atoms. The Morgan fingerprint density at radius 2 is 1.76 bits per heavy atom. The maximum atomic E-state index is 3.65. The molecule has 1 N–H and O–H groups in total. The van der Waals surface area contributed by atoms with E-state index in [9.17, 15) is 0 Å². The molecule has 2 fully saturated rings. The minimum atomic E-state index is 0.579. The summed E-state index contributed by atoms with van der Waals surface area (Å²) in [6.45, 7) is 6.85. The summed E-state index contributed by atoms with van der Waals surface area (Å²) in [5, 5.41) is 3.65. The molecule has 2 atom stereocenters. The van der Waals surface area contributed by atoms with Crippen LogP contribution in [0.4, 0.5) is 0 Å². The quantitative estimate of drug-likeness (QED) is 0.882. The van der Waals surface area contributed by atoms with Gasteiger partial charge in [-0.2, -0.15) is 0 Å². The van der Waals surface area contributed by atoms with Crippen LogP contribution in [0.3, 0.4) is 0 Å². The predicted octanol–water partition coefficient (Wildman–Crippen LogP) is 3.94. The van der Waals surface area contributed by atoms with Gasteiger partial charge in [-0.25, -0.2) is 0 Å². The molecule has 0 radical (unpaired) electrons. The van der Waals surface area contributed by atoms with Crippen LogP contribution in [-0.4, -0.2) is 31.1 Å². The zero-order chi connectivity index (χ0) is 14.8. The topological polar surface area (TPSA) is 15.3 Å². The molecule has 2 nitrogen and oxygen atoms in total. The molecular weight excluding hydrogens is 256 g/mol. The molecule has 0 aromatic heterocycles. The molecule has 1 saturated heterocycles. The smallest absolute Gasteiger partial charge is 0.0385 e.